The third kappa shape index (κ3) is 6.65. The average Bonchev–Trinajstić information content (AvgIpc) is 3.25. The number of thioether (sulfide) groups is 1. The summed E-state index contributed by atoms with van der Waals surface area (Å²) >= 11 is 19.7. The van der Waals surface area contributed by atoms with Gasteiger partial charge in [0.05, 0.1) is 22.9 Å². The first-order valence-corrected chi connectivity index (χ1v) is 14.3. The highest BCUT2D eigenvalue weighted by atomic mass is 35.5. The van der Waals surface area contributed by atoms with Crippen LogP contribution in [-0.2, 0) is 11.4 Å². The number of amidine groups is 1. The zero-order valence-electron chi connectivity index (χ0n) is 21.3. The number of carbonyl (C=O) groups excluding carboxylic acids is 1. The van der Waals surface area contributed by atoms with E-state index in [0.717, 1.165) is 11.1 Å². The van der Waals surface area contributed by atoms with Crippen molar-refractivity contribution in [3.63, 3.8) is 0 Å². The van der Waals surface area contributed by atoms with Crippen LogP contribution in [0, 0.1) is 0 Å². The van der Waals surface area contributed by atoms with Gasteiger partial charge in [0.25, 0.3) is 5.91 Å². The van der Waals surface area contributed by atoms with E-state index >= 15 is 0 Å². The zero-order chi connectivity index (χ0) is 28.1. The van der Waals surface area contributed by atoms with Gasteiger partial charge >= 0.3 is 0 Å². The molecule has 0 aromatic heterocycles. The Labute approximate surface area is 252 Å². The number of carbonyl (C=O) groups is 1. The maximum atomic E-state index is 13.7. The Bertz CT molecular complexity index is 1590. The predicted octanol–water partition coefficient (Wildman–Crippen LogP) is 9.43. The maximum Gasteiger partial charge on any atom is 0.271 e. The minimum atomic E-state index is -0.197. The Hall–Kier alpha value is -3.42. The van der Waals surface area contributed by atoms with Crippen molar-refractivity contribution in [3.8, 4) is 11.5 Å². The number of aliphatic imine (C=N–C) groups is 1. The largest absolute Gasteiger partial charge is 0.490 e. The molecule has 1 heterocycles. The number of nitrogens with zero attached hydrogens (tertiary/aromatic N) is 2. The van der Waals surface area contributed by atoms with Gasteiger partial charge in [-0.3, -0.25) is 9.69 Å². The summed E-state index contributed by atoms with van der Waals surface area (Å²) in [5.74, 6) is 0.961. The van der Waals surface area contributed by atoms with E-state index in [-0.39, 0.29) is 5.91 Å². The van der Waals surface area contributed by atoms with Crippen LogP contribution in [-0.4, -0.2) is 17.7 Å². The minimum Gasteiger partial charge on any atom is -0.490 e. The molecule has 9 heteroatoms. The molecule has 1 fully saturated rings. The number of rotatable bonds is 8. The van der Waals surface area contributed by atoms with E-state index in [2.05, 4.69) is 0 Å². The van der Waals surface area contributed by atoms with Crippen molar-refractivity contribution >= 4 is 75.1 Å². The molecule has 4 aromatic rings. The van der Waals surface area contributed by atoms with Crippen molar-refractivity contribution in [2.24, 2.45) is 4.99 Å². The normalized spacial score (nSPS) is 15.2. The van der Waals surface area contributed by atoms with E-state index in [4.69, 9.17) is 49.3 Å². The summed E-state index contributed by atoms with van der Waals surface area (Å²) in [6.45, 7) is 2.66. The first-order valence-electron chi connectivity index (χ1n) is 12.4. The SMILES string of the molecule is CCOc1cc(/C=C2\SC(=Nc3ccc(Cl)cc3)N(c3ccc(Cl)cc3)C2=O)ccc1OCc1ccccc1Cl. The van der Waals surface area contributed by atoms with Gasteiger partial charge in [-0.25, -0.2) is 4.99 Å². The minimum absolute atomic E-state index is 0.197. The van der Waals surface area contributed by atoms with Crippen molar-refractivity contribution in [3.05, 3.63) is 122 Å². The molecule has 1 saturated heterocycles. The van der Waals surface area contributed by atoms with Gasteiger partial charge in [0.2, 0.25) is 0 Å². The Morgan fingerprint density at radius 1 is 0.850 bits per heavy atom. The van der Waals surface area contributed by atoms with Crippen LogP contribution < -0.4 is 14.4 Å². The van der Waals surface area contributed by atoms with Gasteiger partial charge in [-0.05, 0) is 97.1 Å². The lowest BCUT2D eigenvalue weighted by atomic mass is 10.1. The number of hydrogen-bond donors (Lipinski definition) is 0. The molecule has 0 saturated carbocycles. The molecule has 0 aliphatic carbocycles. The molecule has 0 unspecified atom stereocenters. The molecule has 40 heavy (non-hydrogen) atoms. The van der Waals surface area contributed by atoms with Crippen molar-refractivity contribution in [1.82, 2.24) is 0 Å². The molecule has 0 atom stereocenters. The highest BCUT2D eigenvalue weighted by Crippen LogP contribution is 2.39. The van der Waals surface area contributed by atoms with Gasteiger partial charge < -0.3 is 9.47 Å². The summed E-state index contributed by atoms with van der Waals surface area (Å²) in [6, 6.07) is 27.3. The number of anilines is 1. The summed E-state index contributed by atoms with van der Waals surface area (Å²) in [6.07, 6.45) is 1.82. The fourth-order valence-corrected chi connectivity index (χ4v) is 5.36. The average molecular weight is 610 g/mol. The number of amides is 1. The first-order chi connectivity index (χ1) is 19.4. The van der Waals surface area contributed by atoms with Gasteiger partial charge in [-0.15, -0.1) is 0 Å². The van der Waals surface area contributed by atoms with Crippen LogP contribution in [0.5, 0.6) is 11.5 Å². The second-order valence-corrected chi connectivity index (χ2v) is 10.9. The molecule has 0 radical (unpaired) electrons. The molecule has 4 aromatic carbocycles. The molecular weight excluding hydrogens is 587 g/mol. The standard InChI is InChI=1S/C31H23Cl3N2O3S/c1-2-38-28-17-20(7-16-27(28)39-19-21-5-3-4-6-26(21)34)18-29-30(37)36(25-14-10-23(33)11-15-25)31(40-29)35-24-12-8-22(32)9-13-24/h3-18H,2,19H2,1H3/b29-18-,35-31?. The van der Waals surface area contributed by atoms with Crippen molar-refractivity contribution < 1.29 is 14.3 Å². The van der Waals surface area contributed by atoms with E-state index in [9.17, 15) is 4.79 Å². The van der Waals surface area contributed by atoms with Crippen molar-refractivity contribution in [1.29, 1.82) is 0 Å². The third-order valence-electron chi connectivity index (χ3n) is 5.85. The lowest BCUT2D eigenvalue weighted by Crippen LogP contribution is -2.28. The molecule has 0 bridgehead atoms. The van der Waals surface area contributed by atoms with Crippen LogP contribution in [0.25, 0.3) is 6.08 Å². The van der Waals surface area contributed by atoms with Crippen LogP contribution in [0.15, 0.2) is 101 Å². The molecule has 202 valence electrons. The second-order valence-electron chi connectivity index (χ2n) is 8.62. The highest BCUT2D eigenvalue weighted by molar-refractivity contribution is 8.19. The summed E-state index contributed by atoms with van der Waals surface area (Å²) in [5.41, 5.74) is 3.00. The van der Waals surface area contributed by atoms with E-state index < -0.39 is 0 Å². The second kappa shape index (κ2) is 12.8. The van der Waals surface area contributed by atoms with Crippen LogP contribution >= 0.6 is 46.6 Å². The highest BCUT2D eigenvalue weighted by Gasteiger charge is 2.34. The van der Waals surface area contributed by atoms with E-state index in [1.807, 2.05) is 55.5 Å². The Morgan fingerprint density at radius 3 is 2.25 bits per heavy atom. The van der Waals surface area contributed by atoms with Crippen molar-refractivity contribution in [2.45, 2.75) is 13.5 Å². The Kier molecular flexibility index (Phi) is 9.02. The zero-order valence-corrected chi connectivity index (χ0v) is 24.4. The van der Waals surface area contributed by atoms with Gasteiger partial charge in [0.1, 0.15) is 6.61 Å². The summed E-state index contributed by atoms with van der Waals surface area (Å²) in [4.78, 5) is 20.5. The lowest BCUT2D eigenvalue weighted by Gasteiger charge is -2.15. The van der Waals surface area contributed by atoms with Gasteiger partial charge in [0, 0.05) is 20.6 Å². The number of ether oxygens (including phenoxy) is 2. The summed E-state index contributed by atoms with van der Waals surface area (Å²) in [5, 5.41) is 2.35. The number of benzene rings is 4. The fraction of sp³-hybridized carbons (Fsp3) is 0.0968. The third-order valence-corrected chi connectivity index (χ3v) is 7.69. The number of halogens is 3. The lowest BCUT2D eigenvalue weighted by molar-refractivity contribution is -0.113. The van der Waals surface area contributed by atoms with Crippen LogP contribution in [0.4, 0.5) is 11.4 Å². The molecular formula is C31H23Cl3N2O3S. The maximum absolute atomic E-state index is 13.7. The fourth-order valence-electron chi connectivity index (χ4n) is 3.92. The van der Waals surface area contributed by atoms with Crippen LogP contribution in [0.2, 0.25) is 15.1 Å². The molecule has 1 aliphatic rings. The van der Waals surface area contributed by atoms with Gasteiger partial charge in [0.15, 0.2) is 16.7 Å². The van der Waals surface area contributed by atoms with Crippen LogP contribution in [0.1, 0.15) is 18.1 Å². The molecule has 1 amide bonds. The monoisotopic (exact) mass is 608 g/mol. The quantitative estimate of drug-likeness (QED) is 0.187. The molecule has 5 rings (SSSR count). The van der Waals surface area contributed by atoms with Crippen molar-refractivity contribution in [2.75, 3.05) is 11.5 Å². The number of hydrogen-bond acceptors (Lipinski definition) is 5. The summed E-state index contributed by atoms with van der Waals surface area (Å²) in [7, 11) is 0. The first kappa shape index (κ1) is 28.1. The van der Waals surface area contributed by atoms with E-state index in [1.54, 1.807) is 53.4 Å². The molecule has 0 spiro atoms. The van der Waals surface area contributed by atoms with Gasteiger partial charge in [-0.2, -0.15) is 0 Å². The Morgan fingerprint density at radius 2 is 1.55 bits per heavy atom. The molecule has 0 N–H and O–H groups in total. The molecule has 1 aliphatic heterocycles. The topological polar surface area (TPSA) is 51.1 Å². The smallest absolute Gasteiger partial charge is 0.271 e. The van der Waals surface area contributed by atoms with Crippen LogP contribution in [0.3, 0.4) is 0 Å². The Balaban J connectivity index is 1.45. The van der Waals surface area contributed by atoms with E-state index in [0.29, 0.717) is 61.2 Å². The summed E-state index contributed by atoms with van der Waals surface area (Å²) < 4.78 is 11.9. The van der Waals surface area contributed by atoms with E-state index in [1.165, 1.54) is 11.8 Å². The van der Waals surface area contributed by atoms with Gasteiger partial charge in [-0.1, -0.05) is 59.1 Å². The predicted molar refractivity (Wildman–Crippen MR) is 166 cm³/mol. The molecule has 5 nitrogen and oxygen atoms in total.